The third kappa shape index (κ3) is 7.72. The van der Waals surface area contributed by atoms with E-state index in [9.17, 15) is 18.3 Å². The minimum Gasteiger partial charge on any atom is -0.489 e. The van der Waals surface area contributed by atoms with Gasteiger partial charge in [-0.05, 0) is 36.2 Å². The van der Waals surface area contributed by atoms with Crippen molar-refractivity contribution in [2.75, 3.05) is 36.8 Å². The number of hydrogen-bond donors (Lipinski definition) is 2. The van der Waals surface area contributed by atoms with Gasteiger partial charge in [0.2, 0.25) is 10.0 Å². The quantitative estimate of drug-likeness (QED) is 0.351. The Morgan fingerprint density at radius 1 is 1.06 bits per heavy atom. The molecule has 0 radical (unpaired) electrons. The average molecular weight is 514 g/mol. The Morgan fingerprint density at radius 2 is 1.72 bits per heavy atom. The molecule has 2 aromatic rings. The number of sulfonamides is 1. The van der Waals surface area contributed by atoms with Gasteiger partial charge in [0.15, 0.2) is 5.54 Å². The molecule has 1 saturated heterocycles. The first-order valence-corrected chi connectivity index (χ1v) is 13.9. The third-order valence-corrected chi connectivity index (χ3v) is 8.06. The first kappa shape index (κ1) is 27.5. The SMILES string of the molecule is CCCCCC#CC(N)(CS(=O)(=O)N1CCN(c2ccc(OCc3ccccc3)cc2)CC1)C(=O)O. The monoisotopic (exact) mass is 513 g/mol. The van der Waals surface area contributed by atoms with Crippen LogP contribution in [-0.2, 0) is 21.4 Å². The summed E-state index contributed by atoms with van der Waals surface area (Å²) >= 11 is 0. The summed E-state index contributed by atoms with van der Waals surface area (Å²) in [5.41, 5.74) is 5.87. The molecule has 0 bridgehead atoms. The standard InChI is InChI=1S/C27H35N3O5S/c1-2-3-4-5-9-16-27(28,26(31)32)22-36(33,34)30-19-17-29(18-20-30)24-12-14-25(15-13-24)35-21-23-10-7-6-8-11-23/h6-8,10-15H,2-5,17-22,28H2,1H3,(H,31,32). The van der Waals surface area contributed by atoms with Crippen LogP contribution in [0.15, 0.2) is 54.6 Å². The third-order valence-electron chi connectivity index (χ3n) is 6.09. The first-order valence-electron chi connectivity index (χ1n) is 12.3. The summed E-state index contributed by atoms with van der Waals surface area (Å²) in [7, 11) is -3.90. The maximum absolute atomic E-state index is 13.0. The number of ether oxygens (including phenoxy) is 1. The van der Waals surface area contributed by atoms with Crippen LogP contribution in [-0.4, -0.2) is 61.3 Å². The van der Waals surface area contributed by atoms with Crippen molar-refractivity contribution in [3.63, 3.8) is 0 Å². The first-order chi connectivity index (χ1) is 17.2. The van der Waals surface area contributed by atoms with Crippen molar-refractivity contribution < 1.29 is 23.1 Å². The number of nitrogens with two attached hydrogens (primary N) is 1. The van der Waals surface area contributed by atoms with Gasteiger partial charge in [-0.2, -0.15) is 4.31 Å². The van der Waals surface area contributed by atoms with Crippen LogP contribution < -0.4 is 15.4 Å². The summed E-state index contributed by atoms with van der Waals surface area (Å²) in [6.45, 7) is 4.00. The van der Waals surface area contributed by atoms with Gasteiger partial charge in [0.1, 0.15) is 18.1 Å². The maximum Gasteiger partial charge on any atom is 0.337 e. The maximum atomic E-state index is 13.0. The van der Waals surface area contributed by atoms with Gasteiger partial charge in [0, 0.05) is 38.3 Å². The molecule has 194 valence electrons. The van der Waals surface area contributed by atoms with Gasteiger partial charge in [0.05, 0.1) is 0 Å². The molecule has 0 aliphatic carbocycles. The van der Waals surface area contributed by atoms with Crippen LogP contribution in [0.3, 0.4) is 0 Å². The van der Waals surface area contributed by atoms with Crippen molar-refractivity contribution in [2.45, 2.75) is 44.8 Å². The van der Waals surface area contributed by atoms with Crippen molar-refractivity contribution in [3.05, 3.63) is 60.2 Å². The van der Waals surface area contributed by atoms with Crippen molar-refractivity contribution in [2.24, 2.45) is 5.73 Å². The van der Waals surface area contributed by atoms with Crippen molar-refractivity contribution in [3.8, 4) is 17.6 Å². The van der Waals surface area contributed by atoms with Gasteiger partial charge in [0.25, 0.3) is 0 Å². The highest BCUT2D eigenvalue weighted by Gasteiger charge is 2.40. The fourth-order valence-corrected chi connectivity index (χ4v) is 5.61. The van der Waals surface area contributed by atoms with E-state index < -0.39 is 27.3 Å². The fourth-order valence-electron chi connectivity index (χ4n) is 3.93. The summed E-state index contributed by atoms with van der Waals surface area (Å²) in [4.78, 5) is 13.9. The molecule has 36 heavy (non-hydrogen) atoms. The van der Waals surface area contributed by atoms with Gasteiger partial charge in [-0.1, -0.05) is 56.0 Å². The van der Waals surface area contributed by atoms with E-state index in [1.165, 1.54) is 4.31 Å². The van der Waals surface area contributed by atoms with Crippen LogP contribution in [0.2, 0.25) is 0 Å². The molecule has 0 amide bonds. The predicted molar refractivity (Wildman–Crippen MR) is 141 cm³/mol. The minimum atomic E-state index is -3.90. The Hall–Kier alpha value is -3.06. The molecular weight excluding hydrogens is 478 g/mol. The normalized spacial score (nSPS) is 16.0. The number of aliphatic carboxylic acids is 1. The molecule has 1 unspecified atom stereocenters. The van der Waals surface area contributed by atoms with Gasteiger partial charge < -0.3 is 20.5 Å². The zero-order valence-electron chi connectivity index (χ0n) is 20.7. The lowest BCUT2D eigenvalue weighted by Crippen LogP contribution is -2.57. The number of hydrogen-bond acceptors (Lipinski definition) is 6. The van der Waals surface area contributed by atoms with E-state index >= 15 is 0 Å². The van der Waals surface area contributed by atoms with Crippen LogP contribution in [0.25, 0.3) is 0 Å². The fraction of sp³-hybridized carbons (Fsp3) is 0.444. The van der Waals surface area contributed by atoms with Crippen molar-refractivity contribution >= 4 is 21.7 Å². The number of anilines is 1. The van der Waals surface area contributed by atoms with Gasteiger partial charge in [-0.25, -0.2) is 13.2 Å². The van der Waals surface area contributed by atoms with Crippen LogP contribution in [0, 0.1) is 11.8 Å². The highest BCUT2D eigenvalue weighted by Crippen LogP contribution is 2.23. The Kier molecular flexibility index (Phi) is 9.76. The van der Waals surface area contributed by atoms with E-state index in [2.05, 4.69) is 23.7 Å². The number of carbonyl (C=O) groups is 1. The Morgan fingerprint density at radius 3 is 2.33 bits per heavy atom. The number of piperazine rings is 1. The summed E-state index contributed by atoms with van der Waals surface area (Å²) in [6, 6.07) is 17.6. The predicted octanol–water partition coefficient (Wildman–Crippen LogP) is 3.08. The summed E-state index contributed by atoms with van der Waals surface area (Å²) in [5, 5.41) is 9.58. The van der Waals surface area contributed by atoms with Gasteiger partial charge in [-0.15, -0.1) is 5.92 Å². The molecule has 0 saturated carbocycles. The molecule has 1 aliphatic rings. The van der Waals surface area contributed by atoms with Crippen LogP contribution in [0.4, 0.5) is 5.69 Å². The zero-order valence-corrected chi connectivity index (χ0v) is 21.5. The lowest BCUT2D eigenvalue weighted by molar-refractivity contribution is -0.140. The molecule has 2 aromatic carbocycles. The Bertz CT molecular complexity index is 1150. The van der Waals surface area contributed by atoms with E-state index in [1.807, 2.05) is 54.6 Å². The number of carboxylic acids is 1. The number of nitrogens with zero attached hydrogens (tertiary/aromatic N) is 2. The molecule has 3 rings (SSSR count). The molecule has 1 fully saturated rings. The van der Waals surface area contributed by atoms with Crippen molar-refractivity contribution in [1.82, 2.24) is 4.31 Å². The molecule has 1 atom stereocenters. The second-order valence-corrected chi connectivity index (χ2v) is 10.9. The van der Waals surface area contributed by atoms with Crippen LogP contribution in [0.5, 0.6) is 5.75 Å². The molecular formula is C27H35N3O5S. The van der Waals surface area contributed by atoms with E-state index in [1.54, 1.807) is 0 Å². The van der Waals surface area contributed by atoms with Gasteiger partial charge >= 0.3 is 5.97 Å². The molecule has 1 heterocycles. The molecule has 3 N–H and O–H groups in total. The lowest BCUT2D eigenvalue weighted by atomic mass is 10.0. The number of unbranched alkanes of at least 4 members (excludes halogenated alkanes) is 3. The van der Waals surface area contributed by atoms with Crippen molar-refractivity contribution in [1.29, 1.82) is 0 Å². The van der Waals surface area contributed by atoms with E-state index in [4.69, 9.17) is 10.5 Å². The second-order valence-electron chi connectivity index (χ2n) is 8.95. The molecule has 1 aliphatic heterocycles. The van der Waals surface area contributed by atoms with E-state index in [-0.39, 0.29) is 13.1 Å². The topological polar surface area (TPSA) is 113 Å². The smallest absolute Gasteiger partial charge is 0.337 e. The van der Waals surface area contributed by atoms with Crippen LogP contribution >= 0.6 is 0 Å². The number of benzene rings is 2. The Balaban J connectivity index is 1.54. The second kappa shape index (κ2) is 12.8. The summed E-state index contributed by atoms with van der Waals surface area (Å²) < 4.78 is 33.1. The number of rotatable bonds is 11. The average Bonchev–Trinajstić information content (AvgIpc) is 2.88. The minimum absolute atomic E-state index is 0.244. The zero-order chi connectivity index (χ0) is 26.0. The lowest BCUT2D eigenvalue weighted by Gasteiger charge is -2.36. The molecule has 0 spiro atoms. The van der Waals surface area contributed by atoms with Gasteiger partial charge in [-0.3, -0.25) is 0 Å². The molecule has 9 heteroatoms. The Labute approximate surface area is 214 Å². The van der Waals surface area contributed by atoms with E-state index in [0.29, 0.717) is 26.1 Å². The van der Waals surface area contributed by atoms with Crippen LogP contribution in [0.1, 0.15) is 38.2 Å². The van der Waals surface area contributed by atoms with E-state index in [0.717, 1.165) is 36.3 Å². The number of carboxylic acid groups (broad SMARTS) is 1. The largest absolute Gasteiger partial charge is 0.489 e. The highest BCUT2D eigenvalue weighted by atomic mass is 32.2. The summed E-state index contributed by atoms with van der Waals surface area (Å²) in [5.74, 6) is 3.85. The summed E-state index contributed by atoms with van der Waals surface area (Å²) in [6.07, 6.45) is 3.31. The highest BCUT2D eigenvalue weighted by molar-refractivity contribution is 7.89. The molecule has 8 nitrogen and oxygen atoms in total. The molecule has 0 aromatic heterocycles.